The fourth-order valence-corrected chi connectivity index (χ4v) is 2.10. The highest BCUT2D eigenvalue weighted by Gasteiger charge is 2.18. The average Bonchev–Trinajstić information content (AvgIpc) is 2.37. The molecule has 0 unspecified atom stereocenters. The van der Waals surface area contributed by atoms with Gasteiger partial charge >= 0.3 is 0 Å². The first-order valence-corrected chi connectivity index (χ1v) is 5.86. The number of nitrogens with one attached hydrogen (secondary N) is 1. The summed E-state index contributed by atoms with van der Waals surface area (Å²) in [7, 11) is 0. The number of benzene rings is 1. The van der Waals surface area contributed by atoms with E-state index in [2.05, 4.69) is 5.32 Å². The lowest BCUT2D eigenvalue weighted by Gasteiger charge is -2.24. The third-order valence-corrected chi connectivity index (χ3v) is 3.01. The molecule has 6 heteroatoms. The van der Waals surface area contributed by atoms with Crippen LogP contribution in [0.15, 0.2) is 12.1 Å². The van der Waals surface area contributed by atoms with Gasteiger partial charge in [0.1, 0.15) is 13.1 Å². The Kier molecular flexibility index (Phi) is 3.53. The number of anilines is 3. The van der Waals surface area contributed by atoms with Gasteiger partial charge in [-0.05, 0) is 24.1 Å². The highest BCUT2D eigenvalue weighted by molar-refractivity contribution is 5.95. The number of rotatable bonds is 3. The molecule has 0 bridgehead atoms. The predicted molar refractivity (Wildman–Crippen MR) is 71.2 cm³/mol. The van der Waals surface area contributed by atoms with Gasteiger partial charge < -0.3 is 16.0 Å². The number of nitrogens with zero attached hydrogens (tertiary/aromatic N) is 3. The summed E-state index contributed by atoms with van der Waals surface area (Å²) in [5.41, 5.74) is 8.75. The summed E-state index contributed by atoms with van der Waals surface area (Å²) in [5.74, 6) is -0.0226. The second-order valence-corrected chi connectivity index (χ2v) is 4.29. The number of nitrogen functional groups attached to an aromatic ring is 1. The molecule has 96 valence electrons. The van der Waals surface area contributed by atoms with Gasteiger partial charge in [0.25, 0.3) is 0 Å². The molecule has 0 fully saturated rings. The fraction of sp³-hybridized carbons (Fsp3) is 0.308. The zero-order chi connectivity index (χ0) is 13.8. The van der Waals surface area contributed by atoms with E-state index in [0.717, 1.165) is 5.56 Å². The number of nitrogens with two attached hydrogens (primary N) is 1. The number of carbonyl (C=O) groups excluding carboxylic acids is 1. The van der Waals surface area contributed by atoms with Crippen molar-refractivity contribution in [3.8, 4) is 12.1 Å². The van der Waals surface area contributed by atoms with Crippen LogP contribution in [0.1, 0.15) is 12.0 Å². The van der Waals surface area contributed by atoms with Crippen LogP contribution in [0.4, 0.5) is 17.1 Å². The van der Waals surface area contributed by atoms with Crippen LogP contribution in [0.3, 0.4) is 0 Å². The Labute approximate surface area is 111 Å². The molecule has 0 saturated carbocycles. The summed E-state index contributed by atoms with van der Waals surface area (Å²) in [6.45, 7) is 0.200. The lowest BCUT2D eigenvalue weighted by atomic mass is 10.0. The van der Waals surface area contributed by atoms with E-state index in [-0.39, 0.29) is 19.0 Å². The van der Waals surface area contributed by atoms with Crippen LogP contribution >= 0.6 is 0 Å². The molecule has 19 heavy (non-hydrogen) atoms. The SMILES string of the molecule is N#CCN(CC#N)c1cc2c(cc1N)NC(=O)CC2. The molecule has 0 saturated heterocycles. The van der Waals surface area contributed by atoms with E-state index < -0.39 is 0 Å². The molecule has 0 spiro atoms. The summed E-state index contributed by atoms with van der Waals surface area (Å²) in [6, 6.07) is 7.56. The van der Waals surface area contributed by atoms with E-state index in [1.54, 1.807) is 11.0 Å². The highest BCUT2D eigenvalue weighted by atomic mass is 16.1. The van der Waals surface area contributed by atoms with Gasteiger partial charge in [-0.3, -0.25) is 4.79 Å². The first-order valence-electron chi connectivity index (χ1n) is 5.86. The minimum Gasteiger partial charge on any atom is -0.397 e. The Hall–Kier alpha value is -2.73. The van der Waals surface area contributed by atoms with E-state index in [0.29, 0.717) is 29.9 Å². The Morgan fingerprint density at radius 2 is 1.95 bits per heavy atom. The number of amides is 1. The lowest BCUT2D eigenvalue weighted by molar-refractivity contribution is -0.116. The largest absolute Gasteiger partial charge is 0.397 e. The van der Waals surface area contributed by atoms with Gasteiger partial charge in [0.15, 0.2) is 0 Å². The summed E-state index contributed by atoms with van der Waals surface area (Å²) < 4.78 is 0. The lowest BCUT2D eigenvalue weighted by Crippen LogP contribution is -2.26. The first kappa shape index (κ1) is 12.7. The molecule has 1 aromatic carbocycles. The van der Waals surface area contributed by atoms with Gasteiger partial charge in [-0.1, -0.05) is 0 Å². The molecule has 1 aliphatic heterocycles. The highest BCUT2D eigenvalue weighted by Crippen LogP contribution is 2.33. The van der Waals surface area contributed by atoms with Crippen molar-refractivity contribution in [2.75, 3.05) is 29.0 Å². The molecule has 0 radical (unpaired) electrons. The van der Waals surface area contributed by atoms with Crippen LogP contribution in [-0.2, 0) is 11.2 Å². The maximum Gasteiger partial charge on any atom is 0.224 e. The van der Waals surface area contributed by atoms with Crippen molar-refractivity contribution >= 4 is 23.0 Å². The minimum absolute atomic E-state index is 0.0226. The standard InChI is InChI=1S/C13H13N5O/c14-3-5-18(6-4-15)12-7-9-1-2-13(19)17-11(9)8-10(12)16/h7-8H,1-2,5-6,16H2,(H,17,19). The average molecular weight is 255 g/mol. The molecular formula is C13H13N5O. The smallest absolute Gasteiger partial charge is 0.224 e. The fourth-order valence-electron chi connectivity index (χ4n) is 2.10. The van der Waals surface area contributed by atoms with Crippen LogP contribution in [0, 0.1) is 22.7 Å². The van der Waals surface area contributed by atoms with E-state index in [4.69, 9.17) is 16.3 Å². The minimum atomic E-state index is -0.0226. The summed E-state index contributed by atoms with van der Waals surface area (Å²) in [4.78, 5) is 12.9. The number of hydrogen-bond donors (Lipinski definition) is 2. The maximum atomic E-state index is 11.3. The van der Waals surface area contributed by atoms with Gasteiger partial charge in [-0.25, -0.2) is 0 Å². The molecule has 1 aliphatic rings. The van der Waals surface area contributed by atoms with Gasteiger partial charge in [0.2, 0.25) is 5.91 Å². The molecule has 3 N–H and O–H groups in total. The van der Waals surface area contributed by atoms with Crippen LogP contribution in [0.5, 0.6) is 0 Å². The summed E-state index contributed by atoms with van der Waals surface area (Å²) in [5, 5.41) is 20.3. The molecule has 1 aromatic rings. The Morgan fingerprint density at radius 1 is 1.26 bits per heavy atom. The summed E-state index contributed by atoms with van der Waals surface area (Å²) >= 11 is 0. The first-order chi connectivity index (χ1) is 9.15. The quantitative estimate of drug-likeness (QED) is 0.619. The number of nitriles is 2. The number of aryl methyl sites for hydroxylation is 1. The Balaban J connectivity index is 2.39. The Morgan fingerprint density at radius 3 is 2.58 bits per heavy atom. The van der Waals surface area contributed by atoms with Crippen molar-refractivity contribution in [1.82, 2.24) is 0 Å². The third-order valence-electron chi connectivity index (χ3n) is 3.01. The van der Waals surface area contributed by atoms with E-state index >= 15 is 0 Å². The molecule has 1 heterocycles. The Bertz CT molecular complexity index is 580. The van der Waals surface area contributed by atoms with Gasteiger partial charge in [0, 0.05) is 12.1 Å². The van der Waals surface area contributed by atoms with Crippen LogP contribution in [-0.4, -0.2) is 19.0 Å². The topological polar surface area (TPSA) is 106 Å². The molecule has 0 aromatic heterocycles. The molecule has 0 aliphatic carbocycles. The zero-order valence-corrected chi connectivity index (χ0v) is 10.3. The van der Waals surface area contributed by atoms with E-state index in [1.165, 1.54) is 0 Å². The van der Waals surface area contributed by atoms with Crippen LogP contribution in [0.25, 0.3) is 0 Å². The van der Waals surface area contributed by atoms with Gasteiger partial charge in [-0.15, -0.1) is 0 Å². The van der Waals surface area contributed by atoms with Crippen LogP contribution < -0.4 is 16.0 Å². The molecule has 2 rings (SSSR count). The summed E-state index contributed by atoms with van der Waals surface area (Å²) in [6.07, 6.45) is 1.08. The normalized spacial score (nSPS) is 12.8. The van der Waals surface area contributed by atoms with Crippen LogP contribution in [0.2, 0.25) is 0 Å². The van der Waals surface area contributed by atoms with E-state index in [1.807, 2.05) is 18.2 Å². The number of carbonyl (C=O) groups is 1. The number of fused-ring (bicyclic) bond motifs is 1. The van der Waals surface area contributed by atoms with E-state index in [9.17, 15) is 4.79 Å². The predicted octanol–water partition coefficient (Wildman–Crippen LogP) is 1.01. The molecule has 0 atom stereocenters. The molecular weight excluding hydrogens is 242 g/mol. The second kappa shape index (κ2) is 5.28. The number of hydrogen-bond acceptors (Lipinski definition) is 5. The van der Waals surface area contributed by atoms with Gasteiger partial charge in [-0.2, -0.15) is 10.5 Å². The van der Waals surface area contributed by atoms with Crippen molar-refractivity contribution in [1.29, 1.82) is 10.5 Å². The van der Waals surface area contributed by atoms with Crippen molar-refractivity contribution in [3.63, 3.8) is 0 Å². The monoisotopic (exact) mass is 255 g/mol. The molecule has 6 nitrogen and oxygen atoms in total. The van der Waals surface area contributed by atoms with Crippen molar-refractivity contribution in [3.05, 3.63) is 17.7 Å². The molecule has 1 amide bonds. The third kappa shape index (κ3) is 2.58. The van der Waals surface area contributed by atoms with Crippen molar-refractivity contribution in [2.45, 2.75) is 12.8 Å². The van der Waals surface area contributed by atoms with Gasteiger partial charge in [0.05, 0.1) is 23.5 Å². The van der Waals surface area contributed by atoms with Crippen molar-refractivity contribution < 1.29 is 4.79 Å². The maximum absolute atomic E-state index is 11.3. The second-order valence-electron chi connectivity index (χ2n) is 4.29. The van der Waals surface area contributed by atoms with Crippen molar-refractivity contribution in [2.24, 2.45) is 0 Å². The zero-order valence-electron chi connectivity index (χ0n) is 10.3.